The number of fused-ring (bicyclic) bond motifs is 3. The molecule has 4 nitrogen and oxygen atoms in total. The van der Waals surface area contributed by atoms with Gasteiger partial charge in [-0.3, -0.25) is 0 Å². The van der Waals surface area contributed by atoms with E-state index < -0.39 is 6.50 Å². The fraction of sp³-hybridized carbons (Fsp3) is 0.278. The third kappa shape index (κ3) is 1.73. The number of nitrogens with zero attached hydrogens (tertiary/aromatic N) is 3. The van der Waals surface area contributed by atoms with Crippen molar-refractivity contribution in [2.24, 2.45) is 0 Å². The maximum absolute atomic E-state index is 8.00. The van der Waals surface area contributed by atoms with Crippen LogP contribution in [-0.4, -0.2) is 22.5 Å². The van der Waals surface area contributed by atoms with E-state index in [4.69, 9.17) is 7.16 Å². The van der Waals surface area contributed by atoms with E-state index in [1.165, 1.54) is 0 Å². The first kappa shape index (κ1) is 11.1. The van der Waals surface area contributed by atoms with Gasteiger partial charge in [0, 0.05) is 38.6 Å². The summed E-state index contributed by atoms with van der Waals surface area (Å²) in [5.41, 5.74) is 3.45. The topological polar surface area (TPSA) is 32.5 Å². The monoisotopic (exact) mass is 295 g/mol. The van der Waals surface area contributed by atoms with Gasteiger partial charge >= 0.3 is 0 Å². The quantitative estimate of drug-likeness (QED) is 0.707. The van der Waals surface area contributed by atoms with Crippen LogP contribution < -0.4 is 4.90 Å². The average molecular weight is 295 g/mol. The molecular formula is C18H19N3O. The molecule has 1 aliphatic rings. The summed E-state index contributed by atoms with van der Waals surface area (Å²) in [4.78, 5) is 8.07. The fourth-order valence-electron chi connectivity index (χ4n) is 3.13. The molecule has 3 heterocycles. The molecule has 1 aromatic carbocycles. The lowest BCUT2D eigenvalue weighted by Crippen LogP contribution is -2.36. The van der Waals surface area contributed by atoms with Crippen molar-refractivity contribution in [1.82, 2.24) is 9.88 Å². The maximum Gasteiger partial charge on any atom is 0.227 e. The Morgan fingerprint density at radius 2 is 2.14 bits per heavy atom. The van der Waals surface area contributed by atoms with Crippen LogP contribution in [0.2, 0.25) is 0 Å². The van der Waals surface area contributed by atoms with E-state index in [-0.39, 0.29) is 6.17 Å². The Kier molecular flexibility index (Phi) is 2.41. The van der Waals surface area contributed by atoms with Crippen LogP contribution in [0.25, 0.3) is 22.1 Å². The Bertz CT molecular complexity index is 958. The highest BCUT2D eigenvalue weighted by Crippen LogP contribution is 2.38. The van der Waals surface area contributed by atoms with Crippen molar-refractivity contribution in [3.05, 3.63) is 48.4 Å². The van der Waals surface area contributed by atoms with Gasteiger partial charge in [-0.1, -0.05) is 12.1 Å². The molecule has 0 fully saturated rings. The summed E-state index contributed by atoms with van der Waals surface area (Å²) in [5, 5.41) is 2.02. The number of aryl methyl sites for hydroxylation is 1. The highest BCUT2D eigenvalue weighted by molar-refractivity contribution is 6.08. The van der Waals surface area contributed by atoms with E-state index in [1.807, 2.05) is 32.2 Å². The predicted octanol–water partition coefficient (Wildman–Crippen LogP) is 4.25. The van der Waals surface area contributed by atoms with Crippen molar-refractivity contribution in [2.75, 3.05) is 11.4 Å². The molecule has 1 aliphatic heterocycles. The van der Waals surface area contributed by atoms with Crippen LogP contribution >= 0.6 is 0 Å². The zero-order valence-corrected chi connectivity index (χ0v) is 12.9. The molecule has 3 aromatic rings. The van der Waals surface area contributed by atoms with Crippen molar-refractivity contribution < 1.29 is 7.16 Å². The summed E-state index contributed by atoms with van der Waals surface area (Å²) in [6, 6.07) is 8.04. The van der Waals surface area contributed by atoms with E-state index in [0.717, 1.165) is 27.6 Å². The van der Waals surface area contributed by atoms with Crippen molar-refractivity contribution in [1.29, 1.82) is 0 Å². The second kappa shape index (κ2) is 4.77. The number of rotatable bonds is 2. The van der Waals surface area contributed by atoms with E-state index in [1.54, 1.807) is 24.2 Å². The second-order valence-electron chi connectivity index (χ2n) is 5.53. The molecule has 112 valence electrons. The molecule has 0 aliphatic carbocycles. The molecule has 4 rings (SSSR count). The van der Waals surface area contributed by atoms with E-state index in [2.05, 4.69) is 22.0 Å². The van der Waals surface area contributed by atoms with Gasteiger partial charge in [0.25, 0.3) is 0 Å². The van der Waals surface area contributed by atoms with Gasteiger partial charge in [0.05, 0.1) is 5.69 Å². The van der Waals surface area contributed by atoms with E-state index in [9.17, 15) is 0 Å². The van der Waals surface area contributed by atoms with Gasteiger partial charge in [0.2, 0.25) is 5.71 Å². The Labute approximate surface area is 132 Å². The normalized spacial score (nSPS) is 20.0. The Balaban J connectivity index is 1.91. The van der Waals surface area contributed by atoms with Gasteiger partial charge in [-0.15, -0.1) is 0 Å². The first-order valence-electron chi connectivity index (χ1n) is 8.40. The summed E-state index contributed by atoms with van der Waals surface area (Å²) in [6.07, 6.45) is 5.29. The van der Waals surface area contributed by atoms with E-state index in [0.29, 0.717) is 5.71 Å². The molecule has 2 aromatic heterocycles. The Hall–Kier alpha value is -2.49. The molecule has 0 saturated carbocycles. The predicted molar refractivity (Wildman–Crippen MR) is 89.7 cm³/mol. The number of pyridine rings is 1. The molecule has 0 spiro atoms. The van der Waals surface area contributed by atoms with Crippen molar-refractivity contribution in [2.45, 2.75) is 26.9 Å². The summed E-state index contributed by atoms with van der Waals surface area (Å²) in [6.45, 7) is 4.16. The highest BCUT2D eigenvalue weighted by atomic mass is 16.3. The lowest BCUT2D eigenvalue weighted by atomic mass is 10.1. The van der Waals surface area contributed by atoms with Crippen molar-refractivity contribution in [3.63, 3.8) is 0 Å². The summed E-state index contributed by atoms with van der Waals surface area (Å²) >= 11 is 0. The van der Waals surface area contributed by atoms with Gasteiger partial charge in [-0.2, -0.15) is 0 Å². The molecule has 0 amide bonds. The second-order valence-corrected chi connectivity index (χ2v) is 5.53. The van der Waals surface area contributed by atoms with Crippen LogP contribution in [0.3, 0.4) is 0 Å². The van der Waals surface area contributed by atoms with Gasteiger partial charge in [-0.05, 0) is 38.5 Å². The third-order valence-electron chi connectivity index (χ3n) is 4.30. The third-order valence-corrected chi connectivity index (χ3v) is 4.30. The van der Waals surface area contributed by atoms with Gasteiger partial charge < -0.3 is 14.2 Å². The minimum Gasteiger partial charge on any atom is -0.435 e. The van der Waals surface area contributed by atoms with Gasteiger partial charge in [-0.25, -0.2) is 4.98 Å². The number of benzene rings is 1. The first-order chi connectivity index (χ1) is 11.4. The molecule has 4 heteroatoms. The number of hydrogen-bond acceptors (Lipinski definition) is 4. The summed E-state index contributed by atoms with van der Waals surface area (Å²) < 4.78 is 22.0. The number of aromatic nitrogens is 1. The number of anilines is 1. The molecule has 0 N–H and O–H groups in total. The van der Waals surface area contributed by atoms with Crippen LogP contribution in [-0.2, 0) is 0 Å². The fourth-order valence-corrected chi connectivity index (χ4v) is 3.13. The summed E-state index contributed by atoms with van der Waals surface area (Å²) in [5.74, 6) is 0. The molecule has 0 radical (unpaired) electrons. The zero-order valence-electron chi connectivity index (χ0n) is 14.9. The lowest BCUT2D eigenvalue weighted by Gasteiger charge is -2.29. The molecule has 22 heavy (non-hydrogen) atoms. The number of furan rings is 1. The SMILES string of the molecule is [2H]C([2H])(C)N1C=CN(c2c(C)ccc3c2oc2ncccc23)[C@H]1C. The average Bonchev–Trinajstić information content (AvgIpc) is 3.07. The standard InChI is InChI=1S/C18H19N3O/c1-4-20-10-11-21(13(20)3)16-12(2)7-8-14-15-6-5-9-19-18(15)22-17(14)16/h5-11,13H,4H2,1-3H3/t13-/m0/s1/i4D2. The minimum atomic E-state index is -1.43. The molecule has 0 unspecified atom stereocenters. The van der Waals surface area contributed by atoms with E-state index >= 15 is 0 Å². The Morgan fingerprint density at radius 3 is 2.91 bits per heavy atom. The zero-order chi connectivity index (χ0) is 17.1. The highest BCUT2D eigenvalue weighted by Gasteiger charge is 2.26. The van der Waals surface area contributed by atoms with Crippen molar-refractivity contribution in [3.8, 4) is 0 Å². The minimum absolute atomic E-state index is 0.143. The summed E-state index contributed by atoms with van der Waals surface area (Å²) in [7, 11) is 0. The smallest absolute Gasteiger partial charge is 0.227 e. The van der Waals surface area contributed by atoms with Gasteiger partial charge in [0.1, 0.15) is 6.17 Å². The molecule has 1 atom stereocenters. The lowest BCUT2D eigenvalue weighted by molar-refractivity contribution is 0.334. The molecule has 0 bridgehead atoms. The van der Waals surface area contributed by atoms with Crippen LogP contribution in [0, 0.1) is 6.92 Å². The largest absolute Gasteiger partial charge is 0.435 e. The van der Waals surface area contributed by atoms with Crippen molar-refractivity contribution >= 4 is 27.8 Å². The first-order valence-corrected chi connectivity index (χ1v) is 7.40. The molecule has 0 saturated heterocycles. The Morgan fingerprint density at radius 1 is 1.27 bits per heavy atom. The molecular weight excluding hydrogens is 274 g/mol. The van der Waals surface area contributed by atoms with Crippen LogP contribution in [0.15, 0.2) is 47.3 Å². The van der Waals surface area contributed by atoms with Crippen LogP contribution in [0.4, 0.5) is 5.69 Å². The van der Waals surface area contributed by atoms with Crippen LogP contribution in [0.1, 0.15) is 22.2 Å². The maximum atomic E-state index is 8.00. The van der Waals surface area contributed by atoms with Crippen LogP contribution in [0.5, 0.6) is 0 Å². The van der Waals surface area contributed by atoms with Gasteiger partial charge in [0.15, 0.2) is 5.58 Å². The number of hydrogen-bond donors (Lipinski definition) is 0.